The van der Waals surface area contributed by atoms with Crippen LogP contribution in [0.3, 0.4) is 0 Å². The van der Waals surface area contributed by atoms with Gasteiger partial charge in [-0.25, -0.2) is 9.80 Å². The first-order chi connectivity index (χ1) is 13.9. The molecular formula is C20H31N7O2. The Bertz CT molecular complexity index is 1060. The number of hydrazone groups is 1. The van der Waals surface area contributed by atoms with Crippen molar-refractivity contribution in [1.29, 1.82) is 0 Å². The second-order valence-electron chi connectivity index (χ2n) is 8.20. The number of aryl methyl sites for hydroxylation is 1. The molecule has 2 aliphatic rings. The summed E-state index contributed by atoms with van der Waals surface area (Å²) in [7, 11) is 1.69. The monoisotopic (exact) mass is 401 g/mol. The predicted octanol–water partition coefficient (Wildman–Crippen LogP) is 1.55. The van der Waals surface area contributed by atoms with Gasteiger partial charge in [0.2, 0.25) is 5.95 Å². The van der Waals surface area contributed by atoms with E-state index in [2.05, 4.69) is 4.90 Å². The number of fused-ring (bicyclic) bond motifs is 3. The van der Waals surface area contributed by atoms with Crippen LogP contribution < -0.4 is 16.3 Å². The molecule has 1 saturated heterocycles. The number of nitrogens with zero attached hydrogens (tertiary/aromatic N) is 7. The topological polar surface area (TPSA) is 80.7 Å². The average molecular weight is 402 g/mol. The Morgan fingerprint density at radius 2 is 1.79 bits per heavy atom. The van der Waals surface area contributed by atoms with Crippen LogP contribution in [0.15, 0.2) is 14.7 Å². The zero-order valence-corrected chi connectivity index (χ0v) is 17.9. The highest BCUT2D eigenvalue weighted by Crippen LogP contribution is 2.29. The molecule has 2 aromatic heterocycles. The Morgan fingerprint density at radius 3 is 2.48 bits per heavy atom. The fourth-order valence-electron chi connectivity index (χ4n) is 4.37. The van der Waals surface area contributed by atoms with E-state index in [4.69, 9.17) is 10.1 Å². The smallest absolute Gasteiger partial charge is 0.301 e. The lowest BCUT2D eigenvalue weighted by molar-refractivity contribution is 0.233. The number of aromatic nitrogens is 4. The molecule has 0 saturated carbocycles. The molecule has 4 rings (SSSR count). The molecule has 1 unspecified atom stereocenters. The third kappa shape index (κ3) is 3.31. The van der Waals surface area contributed by atoms with E-state index >= 15 is 0 Å². The number of imidazole rings is 1. The second-order valence-corrected chi connectivity index (χ2v) is 8.20. The van der Waals surface area contributed by atoms with Crippen molar-refractivity contribution in [3.8, 4) is 0 Å². The van der Waals surface area contributed by atoms with Crippen molar-refractivity contribution in [3.63, 3.8) is 0 Å². The Hall–Kier alpha value is -2.42. The normalized spacial score (nSPS) is 20.2. The zero-order valence-electron chi connectivity index (χ0n) is 17.9. The van der Waals surface area contributed by atoms with Crippen molar-refractivity contribution in [2.45, 2.75) is 59.0 Å². The van der Waals surface area contributed by atoms with Gasteiger partial charge in [-0.3, -0.25) is 18.5 Å². The highest BCUT2D eigenvalue weighted by Gasteiger charge is 2.30. The molecule has 29 heavy (non-hydrogen) atoms. The fraction of sp³-hybridized carbons (Fsp3) is 0.700. The number of hydrogen-bond acceptors (Lipinski definition) is 6. The van der Waals surface area contributed by atoms with Crippen LogP contribution >= 0.6 is 0 Å². The van der Waals surface area contributed by atoms with Crippen molar-refractivity contribution in [2.75, 3.05) is 31.2 Å². The third-order valence-corrected chi connectivity index (χ3v) is 6.18. The molecule has 1 fully saturated rings. The molecule has 0 aromatic carbocycles. The van der Waals surface area contributed by atoms with Gasteiger partial charge in [0.15, 0.2) is 11.2 Å². The van der Waals surface area contributed by atoms with Gasteiger partial charge in [0, 0.05) is 20.1 Å². The van der Waals surface area contributed by atoms with E-state index in [0.29, 0.717) is 30.2 Å². The minimum Gasteiger partial charge on any atom is -0.301 e. The van der Waals surface area contributed by atoms with Gasteiger partial charge in [0.1, 0.15) is 0 Å². The van der Waals surface area contributed by atoms with E-state index in [1.165, 1.54) is 28.4 Å². The highest BCUT2D eigenvalue weighted by molar-refractivity contribution is 5.91. The Kier molecular flexibility index (Phi) is 5.33. The molecule has 0 radical (unpaired) electrons. The summed E-state index contributed by atoms with van der Waals surface area (Å²) in [4.78, 5) is 33.1. The molecule has 0 spiro atoms. The fourth-order valence-corrected chi connectivity index (χ4v) is 4.37. The number of rotatable bonds is 5. The molecule has 2 aliphatic heterocycles. The van der Waals surface area contributed by atoms with Gasteiger partial charge in [-0.15, -0.1) is 0 Å². The first-order valence-electron chi connectivity index (χ1n) is 10.7. The minimum atomic E-state index is -0.315. The summed E-state index contributed by atoms with van der Waals surface area (Å²) in [6.07, 6.45) is 4.52. The van der Waals surface area contributed by atoms with E-state index in [0.717, 1.165) is 31.8 Å². The third-order valence-electron chi connectivity index (χ3n) is 6.18. The molecule has 0 aliphatic carbocycles. The van der Waals surface area contributed by atoms with Gasteiger partial charge in [-0.2, -0.15) is 10.1 Å². The Labute approximate surface area is 170 Å². The summed E-state index contributed by atoms with van der Waals surface area (Å²) in [5, 5.41) is 6.67. The molecule has 0 bridgehead atoms. The molecule has 0 amide bonds. The lowest BCUT2D eigenvalue weighted by atomic mass is 10.1. The summed E-state index contributed by atoms with van der Waals surface area (Å²) >= 11 is 0. The number of hydrogen-bond donors (Lipinski definition) is 0. The molecule has 158 valence electrons. The maximum Gasteiger partial charge on any atom is 0.332 e. The number of anilines is 1. The summed E-state index contributed by atoms with van der Waals surface area (Å²) < 4.78 is 4.77. The maximum absolute atomic E-state index is 13.2. The van der Waals surface area contributed by atoms with Crippen LogP contribution in [0.25, 0.3) is 11.2 Å². The van der Waals surface area contributed by atoms with Crippen molar-refractivity contribution in [1.82, 2.24) is 23.6 Å². The highest BCUT2D eigenvalue weighted by atomic mass is 16.2. The number of likely N-dealkylation sites (tertiary alicyclic amines) is 1. The quantitative estimate of drug-likeness (QED) is 0.759. The van der Waals surface area contributed by atoms with Gasteiger partial charge in [-0.05, 0) is 46.2 Å². The lowest BCUT2D eigenvalue weighted by Gasteiger charge is -2.32. The number of piperidine rings is 1. The van der Waals surface area contributed by atoms with Crippen LogP contribution in [0.2, 0.25) is 0 Å². The SMILES string of the molecule is CCCn1c(=O)c2c(nc3n2C(C)C(C)=NN3CCN2CCCCC2)n(C)c1=O. The van der Waals surface area contributed by atoms with Crippen molar-refractivity contribution < 1.29 is 0 Å². The van der Waals surface area contributed by atoms with Gasteiger partial charge < -0.3 is 4.90 Å². The molecular weight excluding hydrogens is 370 g/mol. The molecule has 4 heterocycles. The van der Waals surface area contributed by atoms with E-state index in [1.54, 1.807) is 7.05 Å². The van der Waals surface area contributed by atoms with Crippen LogP contribution in [0, 0.1) is 0 Å². The van der Waals surface area contributed by atoms with Gasteiger partial charge in [0.05, 0.1) is 18.3 Å². The molecule has 9 heteroatoms. The van der Waals surface area contributed by atoms with Crippen LogP contribution in [0.5, 0.6) is 0 Å². The van der Waals surface area contributed by atoms with E-state index in [1.807, 2.05) is 30.3 Å². The summed E-state index contributed by atoms with van der Waals surface area (Å²) in [6.45, 7) is 10.3. The zero-order chi connectivity index (χ0) is 20.7. The van der Waals surface area contributed by atoms with Gasteiger partial charge in [-0.1, -0.05) is 13.3 Å². The van der Waals surface area contributed by atoms with E-state index < -0.39 is 0 Å². The first kappa shape index (κ1) is 19.9. The minimum absolute atomic E-state index is 0.0819. The van der Waals surface area contributed by atoms with Crippen molar-refractivity contribution in [3.05, 3.63) is 20.8 Å². The van der Waals surface area contributed by atoms with Crippen LogP contribution in [-0.4, -0.2) is 55.5 Å². The Morgan fingerprint density at radius 1 is 1.07 bits per heavy atom. The molecule has 9 nitrogen and oxygen atoms in total. The van der Waals surface area contributed by atoms with Gasteiger partial charge >= 0.3 is 5.69 Å². The van der Waals surface area contributed by atoms with E-state index in [-0.39, 0.29) is 17.3 Å². The van der Waals surface area contributed by atoms with Gasteiger partial charge in [0.25, 0.3) is 5.56 Å². The Balaban J connectivity index is 1.80. The largest absolute Gasteiger partial charge is 0.332 e. The maximum atomic E-state index is 13.2. The van der Waals surface area contributed by atoms with Crippen LogP contribution in [0.1, 0.15) is 52.5 Å². The molecule has 2 aromatic rings. The molecule has 0 N–H and O–H groups in total. The lowest BCUT2D eigenvalue weighted by Crippen LogP contribution is -2.41. The average Bonchev–Trinajstić information content (AvgIpc) is 3.13. The standard InChI is InChI=1S/C20H31N7O2/c1-5-9-25-18(28)16-17(23(4)20(25)29)21-19-26(22-14(2)15(3)27(16)19)13-12-24-10-7-6-8-11-24/h15H,5-13H2,1-4H3. The second kappa shape index (κ2) is 7.78. The summed E-state index contributed by atoms with van der Waals surface area (Å²) in [5.41, 5.74) is 1.28. The van der Waals surface area contributed by atoms with Crippen LogP contribution in [-0.2, 0) is 13.6 Å². The first-order valence-corrected chi connectivity index (χ1v) is 10.7. The summed E-state index contributed by atoms with van der Waals surface area (Å²) in [6, 6.07) is -0.0819. The summed E-state index contributed by atoms with van der Waals surface area (Å²) in [5.74, 6) is 0.649. The van der Waals surface area contributed by atoms with Crippen molar-refractivity contribution in [2.24, 2.45) is 12.1 Å². The van der Waals surface area contributed by atoms with E-state index in [9.17, 15) is 9.59 Å². The predicted molar refractivity (Wildman–Crippen MR) is 115 cm³/mol. The molecule has 1 atom stereocenters. The van der Waals surface area contributed by atoms with Crippen LogP contribution in [0.4, 0.5) is 5.95 Å². The van der Waals surface area contributed by atoms with Crippen molar-refractivity contribution >= 4 is 22.8 Å².